The molecule has 1 heterocycles. The van der Waals surface area contributed by atoms with Crippen LogP contribution in [0.4, 0.5) is 8.78 Å². The summed E-state index contributed by atoms with van der Waals surface area (Å²) in [5, 5.41) is 0.396. The van der Waals surface area contributed by atoms with Gasteiger partial charge in [-0.15, -0.1) is 11.3 Å². The monoisotopic (exact) mass is 266 g/mol. The Bertz CT molecular complexity index is 574. The van der Waals surface area contributed by atoms with Crippen molar-refractivity contribution in [3.63, 3.8) is 0 Å². The molecule has 2 nitrogen and oxygen atoms in total. The summed E-state index contributed by atoms with van der Waals surface area (Å²) < 4.78 is 27.4. The summed E-state index contributed by atoms with van der Waals surface area (Å²) in [4.78, 5) is 5.32. The standard InChI is InChI=1S/C13H12F2N2S/c14-7-3-1-4-8(15)11(7)13-17-10-6-2-5-9(16)12(10)18-13/h1,3-4,9H,2,5-6,16H2. The van der Waals surface area contributed by atoms with Gasteiger partial charge in [0.15, 0.2) is 0 Å². The van der Waals surface area contributed by atoms with E-state index in [1.54, 1.807) is 0 Å². The van der Waals surface area contributed by atoms with Gasteiger partial charge in [-0.25, -0.2) is 13.8 Å². The van der Waals surface area contributed by atoms with Crippen LogP contribution >= 0.6 is 11.3 Å². The summed E-state index contributed by atoms with van der Waals surface area (Å²) in [6, 6.07) is 3.81. The molecule has 0 aliphatic heterocycles. The van der Waals surface area contributed by atoms with Gasteiger partial charge < -0.3 is 5.73 Å². The summed E-state index contributed by atoms with van der Waals surface area (Å²) in [7, 11) is 0. The lowest BCUT2D eigenvalue weighted by Gasteiger charge is -2.15. The first-order valence-corrected chi connectivity index (χ1v) is 6.68. The third-order valence-corrected chi connectivity index (χ3v) is 4.42. The second-order valence-electron chi connectivity index (χ2n) is 4.43. The van der Waals surface area contributed by atoms with Gasteiger partial charge in [-0.1, -0.05) is 6.07 Å². The van der Waals surface area contributed by atoms with Gasteiger partial charge in [-0.3, -0.25) is 0 Å². The molecule has 18 heavy (non-hydrogen) atoms. The predicted molar refractivity (Wildman–Crippen MR) is 67.3 cm³/mol. The number of aryl methyl sites for hydroxylation is 1. The van der Waals surface area contributed by atoms with Crippen LogP contribution in [0, 0.1) is 11.6 Å². The van der Waals surface area contributed by atoms with Gasteiger partial charge >= 0.3 is 0 Å². The SMILES string of the molecule is NC1CCCc2nc(-c3c(F)cccc3F)sc21. The normalized spacial score (nSPS) is 18.7. The summed E-state index contributed by atoms with van der Waals surface area (Å²) in [5.41, 5.74) is 6.86. The molecule has 5 heteroatoms. The minimum atomic E-state index is -0.574. The Morgan fingerprint density at radius 1 is 1.28 bits per heavy atom. The first kappa shape index (κ1) is 11.7. The van der Waals surface area contributed by atoms with Gasteiger partial charge in [0.05, 0.1) is 11.3 Å². The lowest BCUT2D eigenvalue weighted by molar-refractivity contribution is 0.573. The van der Waals surface area contributed by atoms with Crippen molar-refractivity contribution in [3.05, 3.63) is 40.4 Å². The zero-order valence-electron chi connectivity index (χ0n) is 9.62. The largest absolute Gasteiger partial charge is 0.323 e. The Morgan fingerprint density at radius 3 is 2.67 bits per heavy atom. The van der Waals surface area contributed by atoms with Crippen molar-refractivity contribution in [2.75, 3.05) is 0 Å². The average Bonchev–Trinajstić information content (AvgIpc) is 2.74. The number of aromatic nitrogens is 1. The highest BCUT2D eigenvalue weighted by Crippen LogP contribution is 2.38. The van der Waals surface area contributed by atoms with Gasteiger partial charge in [0.2, 0.25) is 0 Å². The lowest BCUT2D eigenvalue weighted by atomic mass is 9.99. The molecule has 3 rings (SSSR count). The number of thiazole rings is 1. The molecule has 1 aromatic carbocycles. The number of nitrogens with zero attached hydrogens (tertiary/aromatic N) is 1. The second kappa shape index (κ2) is 4.40. The van der Waals surface area contributed by atoms with E-state index in [0.29, 0.717) is 5.01 Å². The van der Waals surface area contributed by atoms with Crippen molar-refractivity contribution in [3.8, 4) is 10.6 Å². The fourth-order valence-electron chi connectivity index (χ4n) is 2.26. The zero-order valence-corrected chi connectivity index (χ0v) is 10.4. The van der Waals surface area contributed by atoms with Gasteiger partial charge in [0.25, 0.3) is 0 Å². The van der Waals surface area contributed by atoms with Gasteiger partial charge in [0, 0.05) is 10.9 Å². The fourth-order valence-corrected chi connectivity index (χ4v) is 3.46. The third-order valence-electron chi connectivity index (χ3n) is 3.17. The maximum absolute atomic E-state index is 13.7. The van der Waals surface area contributed by atoms with Crippen molar-refractivity contribution in [2.24, 2.45) is 5.73 Å². The molecule has 1 aliphatic rings. The molecule has 1 aromatic heterocycles. The Kier molecular flexibility index (Phi) is 2.87. The van der Waals surface area contributed by atoms with Crippen molar-refractivity contribution in [1.82, 2.24) is 4.98 Å². The lowest BCUT2D eigenvalue weighted by Crippen LogP contribution is -2.15. The quantitative estimate of drug-likeness (QED) is 0.859. The van der Waals surface area contributed by atoms with Crippen LogP contribution in [0.1, 0.15) is 29.5 Å². The number of benzene rings is 1. The summed E-state index contributed by atoms with van der Waals surface area (Å²) in [6.07, 6.45) is 2.74. The number of hydrogen-bond acceptors (Lipinski definition) is 3. The van der Waals surface area contributed by atoms with Crippen LogP contribution in [-0.4, -0.2) is 4.98 Å². The minimum Gasteiger partial charge on any atom is -0.323 e. The summed E-state index contributed by atoms with van der Waals surface area (Å²) >= 11 is 1.31. The molecule has 1 unspecified atom stereocenters. The van der Waals surface area contributed by atoms with E-state index in [-0.39, 0.29) is 11.6 Å². The van der Waals surface area contributed by atoms with Crippen LogP contribution < -0.4 is 5.73 Å². The minimum absolute atomic E-state index is 0.0379. The molecular formula is C13H12F2N2S. The Hall–Kier alpha value is -1.33. The molecular weight excluding hydrogens is 254 g/mol. The summed E-state index contributed by atoms with van der Waals surface area (Å²) in [6.45, 7) is 0. The van der Waals surface area contributed by atoms with E-state index in [1.165, 1.54) is 29.5 Å². The van der Waals surface area contributed by atoms with Crippen molar-refractivity contribution in [1.29, 1.82) is 0 Å². The smallest absolute Gasteiger partial charge is 0.136 e. The maximum Gasteiger partial charge on any atom is 0.136 e. The van der Waals surface area contributed by atoms with Crippen LogP contribution in [0.25, 0.3) is 10.6 Å². The highest BCUT2D eigenvalue weighted by Gasteiger charge is 2.24. The molecule has 0 saturated heterocycles. The van der Waals surface area contributed by atoms with Crippen LogP contribution in [0.15, 0.2) is 18.2 Å². The molecule has 2 N–H and O–H groups in total. The number of hydrogen-bond donors (Lipinski definition) is 1. The Balaban J connectivity index is 2.13. The highest BCUT2D eigenvalue weighted by atomic mass is 32.1. The molecule has 2 aromatic rings. The van der Waals surface area contributed by atoms with Crippen LogP contribution in [-0.2, 0) is 6.42 Å². The number of fused-ring (bicyclic) bond motifs is 1. The van der Waals surface area contributed by atoms with Crippen molar-refractivity contribution < 1.29 is 8.78 Å². The predicted octanol–water partition coefficient (Wildman–Crippen LogP) is 3.42. The van der Waals surface area contributed by atoms with E-state index in [1.807, 2.05) is 0 Å². The van der Waals surface area contributed by atoms with E-state index < -0.39 is 11.6 Å². The molecule has 0 amide bonds. The molecule has 0 fully saturated rings. The van der Waals surface area contributed by atoms with Gasteiger partial charge in [0.1, 0.15) is 16.6 Å². The first-order valence-electron chi connectivity index (χ1n) is 5.86. The first-order chi connectivity index (χ1) is 8.66. The molecule has 94 valence electrons. The van der Waals surface area contributed by atoms with E-state index in [0.717, 1.165) is 29.8 Å². The van der Waals surface area contributed by atoms with E-state index in [4.69, 9.17) is 5.73 Å². The number of rotatable bonds is 1. The van der Waals surface area contributed by atoms with Crippen LogP contribution in [0.2, 0.25) is 0 Å². The average molecular weight is 266 g/mol. The topological polar surface area (TPSA) is 38.9 Å². The summed E-state index contributed by atoms with van der Waals surface area (Å²) in [5.74, 6) is -1.15. The molecule has 0 radical (unpaired) electrons. The zero-order chi connectivity index (χ0) is 12.7. The van der Waals surface area contributed by atoms with E-state index >= 15 is 0 Å². The van der Waals surface area contributed by atoms with Crippen molar-refractivity contribution in [2.45, 2.75) is 25.3 Å². The van der Waals surface area contributed by atoms with E-state index in [9.17, 15) is 8.78 Å². The van der Waals surface area contributed by atoms with E-state index in [2.05, 4.69) is 4.98 Å². The van der Waals surface area contributed by atoms with Crippen LogP contribution in [0.5, 0.6) is 0 Å². The maximum atomic E-state index is 13.7. The fraction of sp³-hybridized carbons (Fsp3) is 0.308. The molecule has 0 bridgehead atoms. The highest BCUT2D eigenvalue weighted by molar-refractivity contribution is 7.15. The third kappa shape index (κ3) is 1.83. The van der Waals surface area contributed by atoms with Gasteiger partial charge in [-0.2, -0.15) is 0 Å². The van der Waals surface area contributed by atoms with Crippen molar-refractivity contribution >= 4 is 11.3 Å². The Morgan fingerprint density at radius 2 is 2.00 bits per heavy atom. The molecule has 0 spiro atoms. The number of halogens is 2. The Labute approximate surface area is 107 Å². The number of nitrogens with two attached hydrogens (primary N) is 1. The van der Waals surface area contributed by atoms with Crippen LogP contribution in [0.3, 0.4) is 0 Å². The van der Waals surface area contributed by atoms with Gasteiger partial charge in [-0.05, 0) is 31.4 Å². The molecule has 1 aliphatic carbocycles. The molecule has 1 atom stereocenters. The second-order valence-corrected chi connectivity index (χ2v) is 5.46. The molecule has 0 saturated carbocycles.